The van der Waals surface area contributed by atoms with E-state index in [9.17, 15) is 4.79 Å². The number of piperidine rings is 1. The van der Waals surface area contributed by atoms with Gasteiger partial charge in [0.25, 0.3) is 0 Å². The van der Waals surface area contributed by atoms with Gasteiger partial charge in [-0.15, -0.1) is 0 Å². The smallest absolute Gasteiger partial charge is 0.237 e. The summed E-state index contributed by atoms with van der Waals surface area (Å²) in [5.74, 6) is 0.850. The Hall–Kier alpha value is -0.610. The number of hydrogen-bond donors (Lipinski definition) is 2. The first-order chi connectivity index (χ1) is 10.1. The van der Waals surface area contributed by atoms with Gasteiger partial charge in [-0.25, -0.2) is 0 Å². The van der Waals surface area contributed by atoms with Gasteiger partial charge in [0.15, 0.2) is 0 Å². The molecule has 1 fully saturated rings. The van der Waals surface area contributed by atoms with Gasteiger partial charge in [-0.2, -0.15) is 0 Å². The van der Waals surface area contributed by atoms with E-state index in [4.69, 9.17) is 0 Å². The summed E-state index contributed by atoms with van der Waals surface area (Å²) in [6, 6.07) is 0.925. The minimum Gasteiger partial charge on any atom is -0.352 e. The molecule has 0 radical (unpaired) electrons. The Bertz CT molecular complexity index is 304. The zero-order valence-corrected chi connectivity index (χ0v) is 14.6. The Morgan fingerprint density at radius 1 is 1.24 bits per heavy atom. The molecule has 3 atom stereocenters. The molecule has 21 heavy (non-hydrogen) atoms. The van der Waals surface area contributed by atoms with Gasteiger partial charge < -0.3 is 10.6 Å². The monoisotopic (exact) mass is 297 g/mol. The van der Waals surface area contributed by atoms with E-state index in [1.54, 1.807) is 0 Å². The number of nitrogens with zero attached hydrogens (tertiary/aromatic N) is 1. The molecule has 1 aliphatic rings. The van der Waals surface area contributed by atoms with Crippen LogP contribution < -0.4 is 10.6 Å². The summed E-state index contributed by atoms with van der Waals surface area (Å²) < 4.78 is 0. The summed E-state index contributed by atoms with van der Waals surface area (Å²) in [6.07, 6.45) is 4.34. The van der Waals surface area contributed by atoms with Gasteiger partial charge in [-0.05, 0) is 38.6 Å². The average molecular weight is 297 g/mol. The summed E-state index contributed by atoms with van der Waals surface area (Å²) in [6.45, 7) is 13.8. The Balaban J connectivity index is 2.55. The van der Waals surface area contributed by atoms with Crippen molar-refractivity contribution in [3.05, 3.63) is 0 Å². The van der Waals surface area contributed by atoms with E-state index >= 15 is 0 Å². The van der Waals surface area contributed by atoms with E-state index in [-0.39, 0.29) is 11.9 Å². The molecule has 0 aromatic rings. The fourth-order valence-electron chi connectivity index (χ4n) is 3.34. The van der Waals surface area contributed by atoms with Crippen LogP contribution in [-0.2, 0) is 4.79 Å². The molecule has 0 aliphatic carbocycles. The minimum absolute atomic E-state index is 0.0118. The third-order valence-corrected chi connectivity index (χ3v) is 5.02. The highest BCUT2D eigenvalue weighted by molar-refractivity contribution is 5.81. The molecule has 1 amide bonds. The van der Waals surface area contributed by atoms with E-state index in [0.717, 1.165) is 38.9 Å². The van der Waals surface area contributed by atoms with Crippen molar-refractivity contribution in [3.63, 3.8) is 0 Å². The molecule has 0 saturated carbocycles. The lowest BCUT2D eigenvalue weighted by molar-refractivity contribution is -0.127. The van der Waals surface area contributed by atoms with Crippen LogP contribution in [0.3, 0.4) is 0 Å². The molecule has 0 bridgehead atoms. The van der Waals surface area contributed by atoms with Crippen LogP contribution in [0.4, 0.5) is 0 Å². The number of nitrogens with one attached hydrogen (secondary N) is 2. The summed E-state index contributed by atoms with van der Waals surface area (Å²) in [4.78, 5) is 14.8. The van der Waals surface area contributed by atoms with E-state index in [1.165, 1.54) is 6.42 Å². The highest BCUT2D eigenvalue weighted by Gasteiger charge is 2.32. The second-order valence-electron chi connectivity index (χ2n) is 6.31. The lowest BCUT2D eigenvalue weighted by atomic mass is 9.89. The van der Waals surface area contributed by atoms with Crippen LogP contribution in [0.2, 0.25) is 0 Å². The molecular weight excluding hydrogens is 262 g/mol. The van der Waals surface area contributed by atoms with E-state index in [0.29, 0.717) is 18.0 Å². The number of carbonyl (C=O) groups is 1. The van der Waals surface area contributed by atoms with Crippen LogP contribution in [0.25, 0.3) is 0 Å². The lowest BCUT2D eigenvalue weighted by Crippen LogP contribution is -2.55. The molecule has 0 aromatic carbocycles. The molecular formula is C17H35N3O. The maximum Gasteiger partial charge on any atom is 0.237 e. The highest BCUT2D eigenvalue weighted by atomic mass is 16.2. The molecule has 1 heterocycles. The fraction of sp³-hybridized carbons (Fsp3) is 0.941. The summed E-state index contributed by atoms with van der Waals surface area (Å²) in [5, 5.41) is 6.78. The predicted octanol–water partition coefficient (Wildman–Crippen LogP) is 2.39. The largest absolute Gasteiger partial charge is 0.352 e. The van der Waals surface area contributed by atoms with Gasteiger partial charge in [-0.1, -0.05) is 34.1 Å². The van der Waals surface area contributed by atoms with Crippen LogP contribution in [0, 0.1) is 5.92 Å². The van der Waals surface area contributed by atoms with Crippen LogP contribution in [0.15, 0.2) is 0 Å². The molecule has 3 unspecified atom stereocenters. The first-order valence-electron chi connectivity index (χ1n) is 8.84. The molecule has 4 nitrogen and oxygen atoms in total. The van der Waals surface area contributed by atoms with Gasteiger partial charge >= 0.3 is 0 Å². The minimum atomic E-state index is -0.0118. The van der Waals surface area contributed by atoms with E-state index in [2.05, 4.69) is 50.2 Å². The number of hydrogen-bond acceptors (Lipinski definition) is 3. The zero-order valence-electron chi connectivity index (χ0n) is 14.6. The van der Waals surface area contributed by atoms with Crippen molar-refractivity contribution in [3.8, 4) is 0 Å². The van der Waals surface area contributed by atoms with Crippen molar-refractivity contribution in [2.45, 2.75) is 78.4 Å². The molecule has 2 N–H and O–H groups in total. The second kappa shape index (κ2) is 9.42. The molecule has 1 aliphatic heterocycles. The maximum atomic E-state index is 12.4. The lowest BCUT2D eigenvalue weighted by Gasteiger charge is -2.41. The Kier molecular flexibility index (Phi) is 8.27. The zero-order chi connectivity index (χ0) is 15.8. The third kappa shape index (κ3) is 5.26. The van der Waals surface area contributed by atoms with Crippen LogP contribution in [0.5, 0.6) is 0 Å². The normalized spacial score (nSPS) is 25.0. The van der Waals surface area contributed by atoms with E-state index < -0.39 is 0 Å². The van der Waals surface area contributed by atoms with Crippen molar-refractivity contribution in [2.24, 2.45) is 5.92 Å². The number of carbonyl (C=O) groups excluding carboxylic acids is 1. The first kappa shape index (κ1) is 18.4. The average Bonchev–Trinajstić information content (AvgIpc) is 2.52. The van der Waals surface area contributed by atoms with Crippen LogP contribution in [0.1, 0.15) is 60.3 Å². The van der Waals surface area contributed by atoms with Gasteiger partial charge in [-0.3, -0.25) is 9.69 Å². The van der Waals surface area contributed by atoms with Gasteiger partial charge in [0.05, 0.1) is 6.04 Å². The van der Waals surface area contributed by atoms with Crippen molar-refractivity contribution < 1.29 is 4.79 Å². The first-order valence-corrected chi connectivity index (χ1v) is 8.84. The van der Waals surface area contributed by atoms with Gasteiger partial charge in [0.2, 0.25) is 5.91 Å². The van der Waals surface area contributed by atoms with Gasteiger partial charge in [0, 0.05) is 25.2 Å². The summed E-state index contributed by atoms with van der Waals surface area (Å²) in [7, 11) is 0. The van der Waals surface area contributed by atoms with E-state index in [1.807, 2.05) is 0 Å². The fourth-order valence-corrected chi connectivity index (χ4v) is 3.34. The quantitative estimate of drug-likeness (QED) is 0.723. The molecule has 1 saturated heterocycles. The second-order valence-corrected chi connectivity index (χ2v) is 6.31. The Morgan fingerprint density at radius 2 is 1.90 bits per heavy atom. The summed E-state index contributed by atoms with van der Waals surface area (Å²) >= 11 is 0. The molecule has 0 aromatic heterocycles. The highest BCUT2D eigenvalue weighted by Crippen LogP contribution is 2.22. The van der Waals surface area contributed by atoms with Crippen molar-refractivity contribution in [2.75, 3.05) is 19.6 Å². The Morgan fingerprint density at radius 3 is 2.43 bits per heavy atom. The molecule has 0 spiro atoms. The number of likely N-dealkylation sites (tertiary alicyclic amines) is 1. The SMILES string of the molecule is CCNC1CCN(C(C)C(=O)NC(CC)CC)CC1CC. The number of amides is 1. The predicted molar refractivity (Wildman–Crippen MR) is 89.4 cm³/mol. The van der Waals surface area contributed by atoms with Crippen LogP contribution in [-0.4, -0.2) is 48.6 Å². The van der Waals surface area contributed by atoms with Crippen LogP contribution >= 0.6 is 0 Å². The van der Waals surface area contributed by atoms with Gasteiger partial charge in [0.1, 0.15) is 0 Å². The maximum absolute atomic E-state index is 12.4. The molecule has 4 heteroatoms. The van der Waals surface area contributed by atoms with Crippen molar-refractivity contribution in [1.82, 2.24) is 15.5 Å². The number of rotatable bonds is 8. The molecule has 124 valence electrons. The summed E-state index contributed by atoms with van der Waals surface area (Å²) in [5.41, 5.74) is 0. The van der Waals surface area contributed by atoms with Crippen molar-refractivity contribution in [1.29, 1.82) is 0 Å². The van der Waals surface area contributed by atoms with Crippen molar-refractivity contribution >= 4 is 5.91 Å². The topological polar surface area (TPSA) is 44.4 Å². The third-order valence-electron chi connectivity index (χ3n) is 5.02. The Labute approximate surface area is 131 Å². The molecule has 1 rings (SSSR count). The standard InChI is InChI=1S/C17H35N3O/c1-6-14-12-20(11-10-16(14)18-9-4)13(5)17(21)19-15(7-2)8-3/h13-16,18H,6-12H2,1-5H3,(H,19,21).